The topological polar surface area (TPSA) is 63.7 Å². The number of rotatable bonds is 6. The van der Waals surface area contributed by atoms with Gasteiger partial charge in [-0.05, 0) is 101 Å². The van der Waals surface area contributed by atoms with Crippen LogP contribution in [0.2, 0.25) is 5.02 Å². The minimum Gasteiger partial charge on any atom is -0.492 e. The second-order valence-electron chi connectivity index (χ2n) is 11.5. The fourth-order valence-corrected chi connectivity index (χ4v) is 4.66. The van der Waals surface area contributed by atoms with Crippen LogP contribution in [-0.4, -0.2) is 53.4 Å². The van der Waals surface area contributed by atoms with E-state index in [2.05, 4.69) is 34.0 Å². The Morgan fingerprint density at radius 3 is 2.38 bits per heavy atom. The summed E-state index contributed by atoms with van der Waals surface area (Å²) >= 11 is 5.98. The highest BCUT2D eigenvalue weighted by atomic mass is 35.5. The van der Waals surface area contributed by atoms with Crippen molar-refractivity contribution >= 4 is 17.7 Å². The molecule has 210 valence electrons. The van der Waals surface area contributed by atoms with Gasteiger partial charge >= 0.3 is 6.09 Å². The molecule has 2 aromatic carbocycles. The van der Waals surface area contributed by atoms with Crippen LogP contribution in [0.5, 0.6) is 5.75 Å². The number of pyridine rings is 1. The zero-order valence-corrected chi connectivity index (χ0v) is 24.8. The van der Waals surface area contributed by atoms with E-state index in [1.54, 1.807) is 0 Å². The molecule has 0 saturated carbocycles. The normalized spacial score (nSPS) is 15.1. The van der Waals surface area contributed by atoms with Crippen LogP contribution in [0.15, 0.2) is 60.8 Å². The van der Waals surface area contributed by atoms with Gasteiger partial charge in [0.25, 0.3) is 0 Å². The van der Waals surface area contributed by atoms with Crippen molar-refractivity contribution in [3.63, 3.8) is 0 Å². The second kappa shape index (κ2) is 12.8. The van der Waals surface area contributed by atoms with Crippen LogP contribution in [-0.2, 0) is 4.74 Å². The molecule has 3 aromatic rings. The van der Waals surface area contributed by atoms with Crippen molar-refractivity contribution in [1.82, 2.24) is 15.2 Å². The maximum Gasteiger partial charge on any atom is 0.408 e. The first-order valence-electron chi connectivity index (χ1n) is 13.7. The van der Waals surface area contributed by atoms with Crippen molar-refractivity contribution in [3.05, 3.63) is 82.6 Å². The minimum atomic E-state index is -0.496. The van der Waals surface area contributed by atoms with Gasteiger partial charge in [0.2, 0.25) is 0 Å². The number of benzene rings is 2. The predicted octanol–water partition coefficient (Wildman–Crippen LogP) is 6.87. The number of carbonyl (C=O) groups is 1. The van der Waals surface area contributed by atoms with Gasteiger partial charge in [-0.2, -0.15) is 0 Å². The highest BCUT2D eigenvalue weighted by molar-refractivity contribution is 6.30. The molecule has 0 bridgehead atoms. The molecule has 0 aliphatic carbocycles. The van der Waals surface area contributed by atoms with Crippen LogP contribution in [0.3, 0.4) is 0 Å². The van der Waals surface area contributed by atoms with Gasteiger partial charge in [0, 0.05) is 47.5 Å². The Hall–Kier alpha value is -3.53. The lowest BCUT2D eigenvalue weighted by atomic mass is 9.90. The Kier molecular flexibility index (Phi) is 9.40. The number of carbonyl (C=O) groups excluding carboxylic acids is 1. The number of ether oxygens (including phenoxy) is 2. The molecule has 1 fully saturated rings. The van der Waals surface area contributed by atoms with Crippen LogP contribution in [0.25, 0.3) is 11.1 Å². The molecule has 1 saturated heterocycles. The van der Waals surface area contributed by atoms with Gasteiger partial charge in [0.05, 0.1) is 0 Å². The number of aryl methyl sites for hydroxylation is 1. The van der Waals surface area contributed by atoms with E-state index in [9.17, 15) is 4.79 Å². The Bertz CT molecular complexity index is 1360. The average molecular weight is 560 g/mol. The zero-order valence-electron chi connectivity index (χ0n) is 24.0. The third-order valence-electron chi connectivity index (χ3n) is 6.88. The third kappa shape index (κ3) is 8.74. The standard InChI is InChI=1S/C33H38ClN3O3/c1-24-22-25(6-13-29-14-10-27(23-35-29)26-8-11-28(34)12-9-26)7-15-30(24)39-21-20-37-18-16-33(5,17-19-37)36-31(38)40-32(2,3)4/h7-12,14-15,22-23H,16-21H2,1-5H3,(H,36,38). The monoisotopic (exact) mass is 559 g/mol. The minimum absolute atomic E-state index is 0.249. The van der Waals surface area contributed by atoms with E-state index < -0.39 is 5.60 Å². The summed E-state index contributed by atoms with van der Waals surface area (Å²) in [6.45, 7) is 13.0. The first-order valence-corrected chi connectivity index (χ1v) is 14.1. The van der Waals surface area contributed by atoms with Gasteiger partial charge in [0.1, 0.15) is 23.7 Å². The first kappa shape index (κ1) is 29.5. The molecule has 1 aliphatic rings. The number of piperidine rings is 1. The van der Waals surface area contributed by atoms with E-state index in [0.717, 1.165) is 66.2 Å². The summed E-state index contributed by atoms with van der Waals surface area (Å²) in [4.78, 5) is 19.1. The highest BCUT2D eigenvalue weighted by Gasteiger charge is 2.33. The molecule has 4 rings (SSSR count). The Labute approximate surface area is 243 Å². The molecule has 1 amide bonds. The number of nitrogens with one attached hydrogen (secondary N) is 1. The SMILES string of the molecule is Cc1cc(C#Cc2ccc(-c3ccc(Cl)cc3)cn2)ccc1OCCN1CCC(C)(NC(=O)OC(C)(C)C)CC1. The van der Waals surface area contributed by atoms with E-state index in [1.807, 2.05) is 88.5 Å². The van der Waals surface area contributed by atoms with Gasteiger partial charge in [-0.1, -0.05) is 35.7 Å². The predicted molar refractivity (Wildman–Crippen MR) is 161 cm³/mol. The van der Waals surface area contributed by atoms with Crippen LogP contribution < -0.4 is 10.1 Å². The number of amides is 1. The van der Waals surface area contributed by atoms with E-state index >= 15 is 0 Å². The number of alkyl carbamates (subject to hydrolysis) is 1. The summed E-state index contributed by atoms with van der Waals surface area (Å²) in [7, 11) is 0. The Morgan fingerprint density at radius 1 is 1.05 bits per heavy atom. The van der Waals surface area contributed by atoms with E-state index in [1.165, 1.54) is 0 Å². The summed E-state index contributed by atoms with van der Waals surface area (Å²) in [6.07, 6.45) is 3.23. The molecule has 1 aliphatic heterocycles. The lowest BCUT2D eigenvalue weighted by Crippen LogP contribution is -2.54. The summed E-state index contributed by atoms with van der Waals surface area (Å²) < 4.78 is 11.5. The Morgan fingerprint density at radius 2 is 1.75 bits per heavy atom. The molecular weight excluding hydrogens is 522 g/mol. The Balaban J connectivity index is 1.23. The van der Waals surface area contributed by atoms with Crippen molar-refractivity contribution in [2.45, 2.75) is 58.6 Å². The molecule has 6 nitrogen and oxygen atoms in total. The van der Waals surface area contributed by atoms with Crippen LogP contribution in [0, 0.1) is 18.8 Å². The molecule has 0 atom stereocenters. The lowest BCUT2D eigenvalue weighted by Gasteiger charge is -2.40. The van der Waals surface area contributed by atoms with Crippen molar-refractivity contribution in [3.8, 4) is 28.7 Å². The quantitative estimate of drug-likeness (QED) is 0.334. The molecule has 40 heavy (non-hydrogen) atoms. The summed E-state index contributed by atoms with van der Waals surface area (Å²) in [6, 6.07) is 17.6. The summed E-state index contributed by atoms with van der Waals surface area (Å²) in [5.74, 6) is 7.22. The van der Waals surface area contributed by atoms with Gasteiger partial charge in [0.15, 0.2) is 0 Å². The number of hydrogen-bond donors (Lipinski definition) is 1. The van der Waals surface area contributed by atoms with Crippen LogP contribution in [0.1, 0.15) is 57.4 Å². The zero-order chi connectivity index (χ0) is 28.8. The largest absolute Gasteiger partial charge is 0.492 e. The van der Waals surface area contributed by atoms with Crippen molar-refractivity contribution in [1.29, 1.82) is 0 Å². The van der Waals surface area contributed by atoms with Gasteiger partial charge in [-0.3, -0.25) is 4.90 Å². The smallest absolute Gasteiger partial charge is 0.408 e. The van der Waals surface area contributed by atoms with Crippen molar-refractivity contribution < 1.29 is 14.3 Å². The molecule has 1 N–H and O–H groups in total. The molecule has 0 radical (unpaired) electrons. The maximum atomic E-state index is 12.2. The van der Waals surface area contributed by atoms with Gasteiger partial charge < -0.3 is 14.8 Å². The van der Waals surface area contributed by atoms with Crippen LogP contribution in [0.4, 0.5) is 4.79 Å². The molecule has 2 heterocycles. The van der Waals surface area contributed by atoms with Crippen molar-refractivity contribution in [2.24, 2.45) is 0 Å². The average Bonchev–Trinajstić information content (AvgIpc) is 2.89. The van der Waals surface area contributed by atoms with Gasteiger partial charge in [-0.25, -0.2) is 9.78 Å². The fourth-order valence-electron chi connectivity index (χ4n) is 4.54. The van der Waals surface area contributed by atoms with E-state index in [-0.39, 0.29) is 11.6 Å². The summed E-state index contributed by atoms with van der Waals surface area (Å²) in [5, 5.41) is 3.77. The van der Waals surface area contributed by atoms with Gasteiger partial charge in [-0.15, -0.1) is 0 Å². The second-order valence-corrected chi connectivity index (χ2v) is 12.0. The number of aromatic nitrogens is 1. The number of likely N-dealkylation sites (tertiary alicyclic amines) is 1. The maximum absolute atomic E-state index is 12.2. The third-order valence-corrected chi connectivity index (χ3v) is 7.13. The molecule has 0 unspecified atom stereocenters. The number of nitrogens with zero attached hydrogens (tertiary/aromatic N) is 2. The molecule has 7 heteroatoms. The number of halogens is 1. The number of hydrogen-bond acceptors (Lipinski definition) is 5. The van der Waals surface area contributed by atoms with Crippen LogP contribution >= 0.6 is 11.6 Å². The first-order chi connectivity index (χ1) is 19.0. The van der Waals surface area contributed by atoms with Crippen molar-refractivity contribution in [2.75, 3.05) is 26.2 Å². The van der Waals surface area contributed by atoms with E-state index in [4.69, 9.17) is 21.1 Å². The summed E-state index contributed by atoms with van der Waals surface area (Å²) in [5.41, 5.74) is 4.03. The van der Waals surface area contributed by atoms with E-state index in [0.29, 0.717) is 11.6 Å². The highest BCUT2D eigenvalue weighted by Crippen LogP contribution is 2.24. The molecule has 0 spiro atoms. The molecule has 1 aromatic heterocycles. The lowest BCUT2D eigenvalue weighted by molar-refractivity contribution is 0.0399. The fraction of sp³-hybridized carbons (Fsp3) is 0.394. The molecular formula is C33H38ClN3O3.